The summed E-state index contributed by atoms with van der Waals surface area (Å²) in [7, 11) is 0. The van der Waals surface area contributed by atoms with Crippen molar-refractivity contribution in [1.29, 1.82) is 0 Å². The number of aliphatic hydroxyl groups is 1. The number of hydrogen-bond acceptors (Lipinski definition) is 3. The summed E-state index contributed by atoms with van der Waals surface area (Å²) in [5.74, 6) is 0.643. The van der Waals surface area contributed by atoms with Gasteiger partial charge in [0.15, 0.2) is 0 Å². The molecule has 0 aromatic carbocycles. The molecule has 2 N–H and O–H groups in total. The van der Waals surface area contributed by atoms with Gasteiger partial charge in [0.05, 0.1) is 12.2 Å². The summed E-state index contributed by atoms with van der Waals surface area (Å²) >= 11 is 0. The smallest absolute Gasteiger partial charge is 0.249 e. The predicted molar refractivity (Wildman–Crippen MR) is 67.0 cm³/mol. The van der Waals surface area contributed by atoms with Crippen molar-refractivity contribution in [3.8, 4) is 0 Å². The van der Waals surface area contributed by atoms with Crippen LogP contribution in [0.1, 0.15) is 44.9 Å². The van der Waals surface area contributed by atoms with Crippen LogP contribution in [0.2, 0.25) is 0 Å². The van der Waals surface area contributed by atoms with Crippen molar-refractivity contribution in [3.63, 3.8) is 0 Å². The van der Waals surface area contributed by atoms with Gasteiger partial charge < -0.3 is 15.2 Å². The highest BCUT2D eigenvalue weighted by Crippen LogP contribution is 2.40. The van der Waals surface area contributed by atoms with Gasteiger partial charge in [0, 0.05) is 6.54 Å². The molecule has 0 aromatic heterocycles. The maximum Gasteiger partial charge on any atom is 0.249 e. The van der Waals surface area contributed by atoms with Crippen molar-refractivity contribution in [3.05, 3.63) is 0 Å². The van der Waals surface area contributed by atoms with Crippen LogP contribution < -0.4 is 5.32 Å². The predicted octanol–water partition coefficient (Wildman–Crippen LogP) is 1.22. The molecule has 3 fully saturated rings. The molecule has 0 spiro atoms. The second-order valence-corrected chi connectivity index (χ2v) is 6.09. The van der Waals surface area contributed by atoms with Crippen LogP contribution in [-0.2, 0) is 9.53 Å². The highest BCUT2D eigenvalue weighted by molar-refractivity contribution is 5.80. The Hall–Kier alpha value is -0.610. The summed E-state index contributed by atoms with van der Waals surface area (Å²) in [4.78, 5) is 11.7. The Morgan fingerprint density at radius 1 is 1.33 bits per heavy atom. The molecule has 102 valence electrons. The number of carbonyl (C=O) groups excluding carboxylic acids is 1. The van der Waals surface area contributed by atoms with Gasteiger partial charge in [-0.15, -0.1) is 0 Å². The van der Waals surface area contributed by atoms with E-state index in [-0.39, 0.29) is 11.8 Å². The Labute approximate surface area is 108 Å². The largest absolute Gasteiger partial charge is 0.383 e. The zero-order valence-electron chi connectivity index (χ0n) is 10.8. The standard InChI is InChI=1S/C14H23NO3/c16-13(9-2-1-3-9)14(17)15-7-6-10-8-11-4-5-12(10)18-11/h9-13,16H,1-8H2,(H,15,17). The van der Waals surface area contributed by atoms with E-state index >= 15 is 0 Å². The first kappa shape index (κ1) is 12.4. The second kappa shape index (κ2) is 5.17. The number of nitrogens with one attached hydrogen (secondary N) is 1. The topological polar surface area (TPSA) is 58.6 Å². The molecule has 3 aliphatic rings. The summed E-state index contributed by atoms with van der Waals surface area (Å²) in [5.41, 5.74) is 0. The molecule has 2 aliphatic heterocycles. The van der Waals surface area contributed by atoms with Gasteiger partial charge in [-0.25, -0.2) is 0 Å². The highest BCUT2D eigenvalue weighted by atomic mass is 16.5. The molecule has 0 radical (unpaired) electrons. The zero-order chi connectivity index (χ0) is 12.5. The third kappa shape index (κ3) is 2.41. The van der Waals surface area contributed by atoms with Crippen LogP contribution in [0.3, 0.4) is 0 Å². The summed E-state index contributed by atoms with van der Waals surface area (Å²) < 4.78 is 5.79. The lowest BCUT2D eigenvalue weighted by Gasteiger charge is -2.29. The van der Waals surface area contributed by atoms with Gasteiger partial charge in [0.25, 0.3) is 0 Å². The van der Waals surface area contributed by atoms with E-state index in [1.54, 1.807) is 0 Å². The van der Waals surface area contributed by atoms with E-state index in [0.29, 0.717) is 24.7 Å². The fraction of sp³-hybridized carbons (Fsp3) is 0.929. The molecule has 2 saturated heterocycles. The minimum Gasteiger partial charge on any atom is -0.383 e. The summed E-state index contributed by atoms with van der Waals surface area (Å²) in [5, 5.41) is 12.7. The number of ether oxygens (including phenoxy) is 1. The van der Waals surface area contributed by atoms with Crippen molar-refractivity contribution in [2.24, 2.45) is 11.8 Å². The average Bonchev–Trinajstić information content (AvgIpc) is 2.88. The molecule has 2 heterocycles. The molecule has 0 aromatic rings. The van der Waals surface area contributed by atoms with Crippen LogP contribution in [-0.4, -0.2) is 35.9 Å². The molecule has 1 aliphatic carbocycles. The van der Waals surface area contributed by atoms with Gasteiger partial charge in [-0.3, -0.25) is 4.79 Å². The van der Waals surface area contributed by atoms with E-state index in [2.05, 4.69) is 5.32 Å². The van der Waals surface area contributed by atoms with Gasteiger partial charge in [-0.05, 0) is 50.4 Å². The first-order valence-corrected chi connectivity index (χ1v) is 7.35. The quantitative estimate of drug-likeness (QED) is 0.774. The lowest BCUT2D eigenvalue weighted by atomic mass is 9.81. The van der Waals surface area contributed by atoms with Gasteiger partial charge in [0.1, 0.15) is 6.10 Å². The van der Waals surface area contributed by atoms with Gasteiger partial charge >= 0.3 is 0 Å². The van der Waals surface area contributed by atoms with Gasteiger partial charge in [-0.1, -0.05) is 6.42 Å². The Bertz CT molecular complexity index is 316. The average molecular weight is 253 g/mol. The minimum atomic E-state index is -0.782. The third-order valence-corrected chi connectivity index (χ3v) is 4.91. The normalized spacial score (nSPS) is 36.4. The number of carbonyl (C=O) groups is 1. The van der Waals surface area contributed by atoms with Crippen molar-refractivity contribution in [1.82, 2.24) is 5.32 Å². The second-order valence-electron chi connectivity index (χ2n) is 6.09. The molecule has 4 atom stereocenters. The third-order valence-electron chi connectivity index (χ3n) is 4.91. The first-order valence-electron chi connectivity index (χ1n) is 7.35. The van der Waals surface area contributed by atoms with Crippen molar-refractivity contribution in [2.45, 2.75) is 63.3 Å². The van der Waals surface area contributed by atoms with Crippen LogP contribution in [0.5, 0.6) is 0 Å². The Morgan fingerprint density at radius 2 is 2.17 bits per heavy atom. The summed E-state index contributed by atoms with van der Waals surface area (Å²) in [6.45, 7) is 0.680. The SMILES string of the molecule is O=C(NCCC1CC2CCC1O2)C(O)C1CCC1. The van der Waals surface area contributed by atoms with E-state index in [4.69, 9.17) is 4.74 Å². The molecule has 2 bridgehead atoms. The number of hydrogen-bond donors (Lipinski definition) is 2. The van der Waals surface area contributed by atoms with Crippen molar-refractivity contribution >= 4 is 5.91 Å². The molecular formula is C14H23NO3. The monoisotopic (exact) mass is 253 g/mol. The zero-order valence-corrected chi connectivity index (χ0v) is 10.8. The van der Waals surface area contributed by atoms with E-state index in [9.17, 15) is 9.90 Å². The molecule has 4 heteroatoms. The van der Waals surface area contributed by atoms with Gasteiger partial charge in [0.2, 0.25) is 5.91 Å². The summed E-state index contributed by atoms with van der Waals surface area (Å²) in [6, 6.07) is 0. The van der Waals surface area contributed by atoms with Crippen LogP contribution >= 0.6 is 0 Å². The van der Waals surface area contributed by atoms with Gasteiger partial charge in [-0.2, -0.15) is 0 Å². The molecule has 1 saturated carbocycles. The molecular weight excluding hydrogens is 230 g/mol. The number of amides is 1. The number of rotatable bonds is 5. The van der Waals surface area contributed by atoms with Crippen molar-refractivity contribution < 1.29 is 14.6 Å². The fourth-order valence-corrected chi connectivity index (χ4v) is 3.50. The van der Waals surface area contributed by atoms with E-state index in [0.717, 1.165) is 32.1 Å². The Balaban J connectivity index is 1.35. The summed E-state index contributed by atoms with van der Waals surface area (Å²) in [6.07, 6.45) is 7.83. The fourth-order valence-electron chi connectivity index (χ4n) is 3.50. The Morgan fingerprint density at radius 3 is 2.72 bits per heavy atom. The van der Waals surface area contributed by atoms with E-state index in [1.165, 1.54) is 12.8 Å². The Kier molecular flexibility index (Phi) is 3.57. The first-order chi connectivity index (χ1) is 8.74. The maximum atomic E-state index is 11.7. The lowest BCUT2D eigenvalue weighted by molar-refractivity contribution is -0.133. The maximum absolute atomic E-state index is 11.7. The molecule has 18 heavy (non-hydrogen) atoms. The van der Waals surface area contributed by atoms with E-state index < -0.39 is 6.10 Å². The minimum absolute atomic E-state index is 0.177. The molecule has 4 nitrogen and oxygen atoms in total. The molecule has 3 rings (SSSR count). The molecule has 1 amide bonds. The number of fused-ring (bicyclic) bond motifs is 2. The van der Waals surface area contributed by atoms with Crippen LogP contribution in [0.25, 0.3) is 0 Å². The number of aliphatic hydroxyl groups excluding tert-OH is 1. The van der Waals surface area contributed by atoms with E-state index in [1.807, 2.05) is 0 Å². The lowest BCUT2D eigenvalue weighted by Crippen LogP contribution is -2.42. The van der Waals surface area contributed by atoms with Crippen LogP contribution in [0.15, 0.2) is 0 Å². The van der Waals surface area contributed by atoms with Crippen molar-refractivity contribution in [2.75, 3.05) is 6.54 Å². The highest BCUT2D eigenvalue weighted by Gasteiger charge is 2.40. The molecule has 4 unspecified atom stereocenters. The van der Waals surface area contributed by atoms with Crippen LogP contribution in [0, 0.1) is 11.8 Å². The van der Waals surface area contributed by atoms with Crippen LogP contribution in [0.4, 0.5) is 0 Å².